The monoisotopic (exact) mass is 324 g/mol. The van der Waals surface area contributed by atoms with E-state index in [-0.39, 0.29) is 18.9 Å². The molecule has 7 heteroatoms. The highest BCUT2D eigenvalue weighted by Crippen LogP contribution is 2.37. The van der Waals surface area contributed by atoms with E-state index in [4.69, 9.17) is 4.74 Å². The molecule has 1 N–H and O–H groups in total. The first-order valence-corrected chi connectivity index (χ1v) is 7.73. The number of ether oxygens (including phenoxy) is 1. The van der Waals surface area contributed by atoms with Gasteiger partial charge in [-0.3, -0.25) is 0 Å². The third kappa shape index (κ3) is 6.85. The van der Waals surface area contributed by atoms with Crippen LogP contribution >= 0.6 is 0 Å². The van der Waals surface area contributed by atoms with Crippen molar-refractivity contribution < 1.29 is 22.7 Å². The fourth-order valence-electron chi connectivity index (χ4n) is 2.49. The second kappa shape index (κ2) is 7.53. The topological polar surface area (TPSA) is 41.6 Å². The van der Waals surface area contributed by atoms with Crippen LogP contribution in [-0.2, 0) is 4.74 Å². The summed E-state index contributed by atoms with van der Waals surface area (Å²) in [5, 5.41) is 3.23. The van der Waals surface area contributed by atoms with Gasteiger partial charge in [-0.15, -0.1) is 0 Å². The Morgan fingerprint density at radius 2 is 1.73 bits per heavy atom. The van der Waals surface area contributed by atoms with Gasteiger partial charge in [-0.1, -0.05) is 0 Å². The molecule has 0 unspecified atom stereocenters. The van der Waals surface area contributed by atoms with Gasteiger partial charge in [0.1, 0.15) is 5.60 Å². The molecule has 0 spiro atoms. The van der Waals surface area contributed by atoms with Crippen molar-refractivity contribution in [1.82, 2.24) is 10.2 Å². The zero-order valence-electron chi connectivity index (χ0n) is 13.8. The lowest BCUT2D eigenvalue weighted by Gasteiger charge is -2.31. The number of carbonyl (C=O) groups is 1. The molecule has 0 saturated heterocycles. The number of rotatable bonds is 4. The summed E-state index contributed by atoms with van der Waals surface area (Å²) in [6.45, 7) is 6.42. The Morgan fingerprint density at radius 3 is 2.18 bits per heavy atom. The minimum Gasteiger partial charge on any atom is -0.444 e. The molecule has 0 aromatic rings. The summed E-state index contributed by atoms with van der Waals surface area (Å²) >= 11 is 0. The molecule has 0 radical (unpaired) electrons. The second-order valence-electron chi connectivity index (χ2n) is 6.95. The van der Waals surface area contributed by atoms with Crippen LogP contribution in [0.25, 0.3) is 0 Å². The van der Waals surface area contributed by atoms with Crippen molar-refractivity contribution in [3.8, 4) is 0 Å². The van der Waals surface area contributed by atoms with Crippen LogP contribution < -0.4 is 5.32 Å². The second-order valence-corrected chi connectivity index (χ2v) is 6.95. The van der Waals surface area contributed by atoms with Gasteiger partial charge in [-0.2, -0.15) is 13.2 Å². The van der Waals surface area contributed by atoms with Gasteiger partial charge in [0.15, 0.2) is 0 Å². The normalized spacial score (nSPS) is 23.2. The summed E-state index contributed by atoms with van der Waals surface area (Å²) in [7, 11) is 1.65. The molecule has 0 atom stereocenters. The number of hydrogen-bond donors (Lipinski definition) is 1. The summed E-state index contributed by atoms with van der Waals surface area (Å²) in [5.41, 5.74) is -0.533. The molecule has 0 bridgehead atoms. The lowest BCUT2D eigenvalue weighted by molar-refractivity contribution is -0.182. The van der Waals surface area contributed by atoms with Gasteiger partial charge in [-0.05, 0) is 46.5 Å². The van der Waals surface area contributed by atoms with Gasteiger partial charge in [0.05, 0.1) is 5.92 Å². The van der Waals surface area contributed by atoms with Gasteiger partial charge in [0.25, 0.3) is 0 Å². The predicted octanol–water partition coefficient (Wildman–Crippen LogP) is 3.56. The van der Waals surface area contributed by atoms with Crippen molar-refractivity contribution in [3.63, 3.8) is 0 Å². The van der Waals surface area contributed by atoms with Gasteiger partial charge in [0.2, 0.25) is 0 Å². The molecule has 0 aromatic heterocycles. The molecule has 1 rings (SSSR count). The highest BCUT2D eigenvalue weighted by atomic mass is 19.4. The number of carbonyl (C=O) groups excluding carboxylic acids is 1. The molecule has 4 nitrogen and oxygen atoms in total. The van der Waals surface area contributed by atoms with E-state index in [0.717, 1.165) is 0 Å². The van der Waals surface area contributed by atoms with Crippen LogP contribution in [0.2, 0.25) is 0 Å². The van der Waals surface area contributed by atoms with Gasteiger partial charge in [-0.25, -0.2) is 4.79 Å². The summed E-state index contributed by atoms with van der Waals surface area (Å²) < 4.78 is 42.9. The van der Waals surface area contributed by atoms with Crippen LogP contribution in [0.1, 0.15) is 46.5 Å². The molecule has 22 heavy (non-hydrogen) atoms. The third-order valence-electron chi connectivity index (χ3n) is 3.78. The Morgan fingerprint density at radius 1 is 1.18 bits per heavy atom. The van der Waals surface area contributed by atoms with Crippen molar-refractivity contribution >= 4 is 6.09 Å². The average Bonchev–Trinajstić information content (AvgIpc) is 2.36. The number of nitrogens with one attached hydrogen (secondary N) is 1. The van der Waals surface area contributed by atoms with E-state index in [0.29, 0.717) is 25.9 Å². The molecule has 1 amide bonds. The molecule has 1 saturated carbocycles. The van der Waals surface area contributed by atoms with E-state index >= 15 is 0 Å². The first-order valence-electron chi connectivity index (χ1n) is 7.73. The molecular weight excluding hydrogens is 297 g/mol. The number of amides is 1. The molecular formula is C15H27F3N2O2. The largest absolute Gasteiger partial charge is 0.444 e. The molecule has 1 fully saturated rings. The zero-order chi connectivity index (χ0) is 17.0. The number of halogens is 3. The van der Waals surface area contributed by atoms with E-state index < -0.39 is 23.8 Å². The molecule has 1 aliphatic carbocycles. The number of hydrogen-bond acceptors (Lipinski definition) is 3. The van der Waals surface area contributed by atoms with Crippen LogP contribution in [0.5, 0.6) is 0 Å². The Labute approximate surface area is 130 Å². The van der Waals surface area contributed by atoms with Crippen molar-refractivity contribution in [3.05, 3.63) is 0 Å². The molecule has 0 heterocycles. The fourth-order valence-corrected chi connectivity index (χ4v) is 2.49. The van der Waals surface area contributed by atoms with Crippen LogP contribution in [0.4, 0.5) is 18.0 Å². The van der Waals surface area contributed by atoms with Crippen molar-refractivity contribution in [2.75, 3.05) is 20.1 Å². The van der Waals surface area contributed by atoms with Crippen LogP contribution in [0, 0.1) is 5.92 Å². The lowest BCUT2D eigenvalue weighted by Crippen LogP contribution is -2.42. The maximum atomic E-state index is 12.6. The highest BCUT2D eigenvalue weighted by Gasteiger charge is 2.41. The SMILES string of the molecule is CN(CCNC1CCC(C(F)(F)F)CC1)C(=O)OC(C)(C)C. The molecule has 130 valence electrons. The maximum absolute atomic E-state index is 12.6. The van der Waals surface area contributed by atoms with Crippen molar-refractivity contribution in [2.45, 2.75) is 64.3 Å². The summed E-state index contributed by atoms with van der Waals surface area (Å²) in [6.07, 6.45) is -3.04. The number of nitrogens with zero attached hydrogens (tertiary/aromatic N) is 1. The highest BCUT2D eigenvalue weighted by molar-refractivity contribution is 5.67. The summed E-state index contributed by atoms with van der Waals surface area (Å²) in [4.78, 5) is 13.2. The summed E-state index contributed by atoms with van der Waals surface area (Å²) in [6, 6.07) is 0.102. The Kier molecular flexibility index (Phi) is 6.52. The fraction of sp³-hybridized carbons (Fsp3) is 0.933. The van der Waals surface area contributed by atoms with E-state index in [1.165, 1.54) is 4.90 Å². The Hall–Kier alpha value is -0.980. The lowest BCUT2D eigenvalue weighted by atomic mass is 9.85. The first-order chi connectivity index (χ1) is 9.99. The van der Waals surface area contributed by atoms with Gasteiger partial charge < -0.3 is 15.0 Å². The van der Waals surface area contributed by atoms with Crippen molar-refractivity contribution in [1.29, 1.82) is 0 Å². The Balaban J connectivity index is 2.22. The maximum Gasteiger partial charge on any atom is 0.410 e. The molecule has 0 aliphatic heterocycles. The summed E-state index contributed by atoms with van der Waals surface area (Å²) in [5.74, 6) is -1.16. The van der Waals surface area contributed by atoms with Gasteiger partial charge in [0, 0.05) is 26.2 Å². The zero-order valence-corrected chi connectivity index (χ0v) is 13.8. The van der Waals surface area contributed by atoms with E-state index in [2.05, 4.69) is 5.32 Å². The standard InChI is InChI=1S/C15H27F3N2O2/c1-14(2,3)22-13(21)20(4)10-9-19-12-7-5-11(6-8-12)15(16,17)18/h11-12,19H,5-10H2,1-4H3. The number of likely N-dealkylation sites (N-methyl/N-ethyl adjacent to an activating group) is 1. The van der Waals surface area contributed by atoms with E-state index in [1.54, 1.807) is 27.8 Å². The number of alkyl halides is 3. The predicted molar refractivity (Wildman–Crippen MR) is 78.7 cm³/mol. The third-order valence-corrected chi connectivity index (χ3v) is 3.78. The smallest absolute Gasteiger partial charge is 0.410 e. The minimum absolute atomic E-state index is 0.102. The quantitative estimate of drug-likeness (QED) is 0.859. The molecule has 0 aromatic carbocycles. The van der Waals surface area contributed by atoms with Crippen LogP contribution in [0.3, 0.4) is 0 Å². The van der Waals surface area contributed by atoms with E-state index in [1.807, 2.05) is 0 Å². The van der Waals surface area contributed by atoms with Crippen molar-refractivity contribution in [2.24, 2.45) is 5.92 Å². The first kappa shape index (κ1) is 19.1. The van der Waals surface area contributed by atoms with Gasteiger partial charge >= 0.3 is 12.3 Å². The molecule has 1 aliphatic rings. The van der Waals surface area contributed by atoms with Crippen LogP contribution in [-0.4, -0.2) is 48.9 Å². The Bertz CT molecular complexity index is 359. The minimum atomic E-state index is -4.07. The average molecular weight is 324 g/mol. The van der Waals surface area contributed by atoms with E-state index in [9.17, 15) is 18.0 Å². The van der Waals surface area contributed by atoms with Crippen LogP contribution in [0.15, 0.2) is 0 Å².